The minimum absolute atomic E-state index is 0.625. The van der Waals surface area contributed by atoms with Crippen LogP contribution in [0.15, 0.2) is 41.1 Å². The molecule has 2 rings (SSSR count). The Morgan fingerprint density at radius 1 is 1.31 bits per heavy atom. The van der Waals surface area contributed by atoms with Gasteiger partial charge in [-0.3, -0.25) is 4.98 Å². The predicted octanol–water partition coefficient (Wildman–Crippen LogP) is 3.53. The van der Waals surface area contributed by atoms with Crippen LogP contribution in [0.1, 0.15) is 5.56 Å². The highest BCUT2D eigenvalue weighted by molar-refractivity contribution is 9.10. The number of nitrogens with two attached hydrogens (primary N) is 1. The first kappa shape index (κ1) is 11.0. The molecule has 82 valence electrons. The van der Waals surface area contributed by atoms with E-state index >= 15 is 0 Å². The molecule has 1 aromatic heterocycles. The molecule has 0 atom stereocenters. The average molecular weight is 279 g/mol. The van der Waals surface area contributed by atoms with Crippen LogP contribution < -0.4 is 10.5 Å². The smallest absolute Gasteiger partial charge is 0.153 e. The summed E-state index contributed by atoms with van der Waals surface area (Å²) in [5, 5.41) is 0. The lowest BCUT2D eigenvalue weighted by Gasteiger charge is -2.10. The number of nitrogen functional groups attached to an aromatic ring is 1. The molecule has 16 heavy (non-hydrogen) atoms. The van der Waals surface area contributed by atoms with E-state index in [0.717, 1.165) is 10.0 Å². The first-order valence-electron chi connectivity index (χ1n) is 4.80. The number of benzene rings is 1. The second-order valence-electron chi connectivity index (χ2n) is 3.43. The molecule has 0 aliphatic carbocycles. The Balaban J connectivity index is 2.34. The lowest BCUT2D eigenvalue weighted by molar-refractivity contribution is 0.478. The number of hydrogen-bond acceptors (Lipinski definition) is 3. The van der Waals surface area contributed by atoms with Crippen LogP contribution >= 0.6 is 15.9 Å². The summed E-state index contributed by atoms with van der Waals surface area (Å²) >= 11 is 3.34. The fourth-order valence-corrected chi connectivity index (χ4v) is 1.72. The number of halogens is 1. The van der Waals surface area contributed by atoms with Gasteiger partial charge < -0.3 is 10.5 Å². The van der Waals surface area contributed by atoms with Crippen molar-refractivity contribution in [1.29, 1.82) is 0 Å². The molecule has 2 N–H and O–H groups in total. The summed E-state index contributed by atoms with van der Waals surface area (Å²) in [6.07, 6.45) is 3.35. The van der Waals surface area contributed by atoms with Crippen LogP contribution in [0.4, 0.5) is 5.69 Å². The van der Waals surface area contributed by atoms with Crippen LogP contribution in [0.5, 0.6) is 11.5 Å². The monoisotopic (exact) mass is 278 g/mol. The van der Waals surface area contributed by atoms with Gasteiger partial charge in [0.15, 0.2) is 5.75 Å². The molecule has 2 aromatic rings. The molecule has 0 aliphatic rings. The van der Waals surface area contributed by atoms with Gasteiger partial charge in [0, 0.05) is 10.7 Å². The van der Waals surface area contributed by atoms with Crippen molar-refractivity contribution in [3.63, 3.8) is 0 Å². The summed E-state index contributed by atoms with van der Waals surface area (Å²) in [6, 6.07) is 7.51. The van der Waals surface area contributed by atoms with Gasteiger partial charge in [-0.25, -0.2) is 0 Å². The Morgan fingerprint density at radius 2 is 2.12 bits per heavy atom. The van der Waals surface area contributed by atoms with Crippen LogP contribution in [0.25, 0.3) is 0 Å². The van der Waals surface area contributed by atoms with E-state index < -0.39 is 0 Å². The van der Waals surface area contributed by atoms with Gasteiger partial charge in [0.25, 0.3) is 0 Å². The van der Waals surface area contributed by atoms with Crippen molar-refractivity contribution in [2.24, 2.45) is 0 Å². The van der Waals surface area contributed by atoms with E-state index in [4.69, 9.17) is 10.5 Å². The van der Waals surface area contributed by atoms with E-state index in [1.54, 1.807) is 12.4 Å². The first-order valence-corrected chi connectivity index (χ1v) is 5.59. The lowest BCUT2D eigenvalue weighted by Crippen LogP contribution is -1.94. The SMILES string of the molecule is Cc1cccc(N)c1Oc1cncc(Br)c1. The van der Waals surface area contributed by atoms with Crippen molar-refractivity contribution in [3.05, 3.63) is 46.7 Å². The van der Waals surface area contributed by atoms with Gasteiger partial charge in [0.1, 0.15) is 5.75 Å². The first-order chi connectivity index (χ1) is 7.66. The Bertz CT molecular complexity index is 494. The largest absolute Gasteiger partial charge is 0.453 e. The van der Waals surface area contributed by atoms with E-state index in [9.17, 15) is 0 Å². The van der Waals surface area contributed by atoms with Gasteiger partial charge in [-0.05, 0) is 40.5 Å². The van der Waals surface area contributed by atoms with E-state index in [1.165, 1.54) is 0 Å². The maximum Gasteiger partial charge on any atom is 0.153 e. The molecule has 0 amide bonds. The molecule has 4 heteroatoms. The number of rotatable bonds is 2. The summed E-state index contributed by atoms with van der Waals surface area (Å²) in [5.74, 6) is 1.35. The maximum absolute atomic E-state index is 5.85. The summed E-state index contributed by atoms with van der Waals surface area (Å²) in [4.78, 5) is 4.03. The van der Waals surface area contributed by atoms with Crippen LogP contribution in [-0.4, -0.2) is 4.98 Å². The van der Waals surface area contributed by atoms with Crippen molar-refractivity contribution < 1.29 is 4.74 Å². The van der Waals surface area contributed by atoms with Crippen LogP contribution in [0.3, 0.4) is 0 Å². The molecule has 0 spiro atoms. The van der Waals surface area contributed by atoms with E-state index in [1.807, 2.05) is 31.2 Å². The quantitative estimate of drug-likeness (QED) is 0.855. The van der Waals surface area contributed by atoms with Crippen LogP contribution in [0, 0.1) is 6.92 Å². The summed E-state index contributed by atoms with van der Waals surface area (Å²) in [7, 11) is 0. The van der Waals surface area contributed by atoms with Crippen molar-refractivity contribution in [3.8, 4) is 11.5 Å². The van der Waals surface area contributed by atoms with Gasteiger partial charge in [0.05, 0.1) is 11.9 Å². The topological polar surface area (TPSA) is 48.1 Å². The molecule has 0 radical (unpaired) electrons. The normalized spacial score (nSPS) is 10.1. The highest BCUT2D eigenvalue weighted by Crippen LogP contribution is 2.31. The third-order valence-corrected chi connectivity index (χ3v) is 2.58. The Hall–Kier alpha value is -1.55. The Kier molecular flexibility index (Phi) is 3.10. The summed E-state index contributed by atoms with van der Waals surface area (Å²) < 4.78 is 6.58. The minimum Gasteiger partial charge on any atom is -0.453 e. The van der Waals surface area contributed by atoms with Crippen molar-refractivity contribution in [2.45, 2.75) is 6.92 Å². The second kappa shape index (κ2) is 4.53. The Morgan fingerprint density at radius 3 is 2.81 bits per heavy atom. The standard InChI is InChI=1S/C12H11BrN2O/c1-8-3-2-4-11(14)12(8)16-10-5-9(13)6-15-7-10/h2-7H,14H2,1H3. The molecule has 0 fully saturated rings. The van der Waals surface area contributed by atoms with Gasteiger partial charge in [-0.1, -0.05) is 12.1 Å². The molecule has 0 bridgehead atoms. The number of anilines is 1. The number of pyridine rings is 1. The second-order valence-corrected chi connectivity index (χ2v) is 4.35. The molecular weight excluding hydrogens is 268 g/mol. The highest BCUT2D eigenvalue weighted by atomic mass is 79.9. The lowest BCUT2D eigenvalue weighted by atomic mass is 10.2. The van der Waals surface area contributed by atoms with E-state index in [-0.39, 0.29) is 0 Å². The predicted molar refractivity (Wildman–Crippen MR) is 67.6 cm³/mol. The zero-order valence-corrected chi connectivity index (χ0v) is 10.4. The van der Waals surface area contributed by atoms with Gasteiger partial charge in [-0.2, -0.15) is 0 Å². The Labute approximate surface area is 102 Å². The van der Waals surface area contributed by atoms with Crippen LogP contribution in [-0.2, 0) is 0 Å². The number of aryl methyl sites for hydroxylation is 1. The minimum atomic E-state index is 0.625. The number of nitrogens with zero attached hydrogens (tertiary/aromatic N) is 1. The highest BCUT2D eigenvalue weighted by Gasteiger charge is 2.05. The number of aromatic nitrogens is 1. The fourth-order valence-electron chi connectivity index (χ4n) is 1.38. The number of para-hydroxylation sites is 1. The van der Waals surface area contributed by atoms with Crippen molar-refractivity contribution >= 4 is 21.6 Å². The molecule has 0 saturated carbocycles. The third-order valence-electron chi connectivity index (χ3n) is 2.14. The molecule has 0 aliphatic heterocycles. The molecule has 1 aromatic carbocycles. The average Bonchev–Trinajstić information content (AvgIpc) is 2.24. The zero-order chi connectivity index (χ0) is 11.5. The van der Waals surface area contributed by atoms with Crippen molar-refractivity contribution in [2.75, 3.05) is 5.73 Å². The third kappa shape index (κ3) is 2.33. The molecular formula is C12H11BrN2O. The molecule has 1 heterocycles. The van der Waals surface area contributed by atoms with Gasteiger partial charge >= 0.3 is 0 Å². The summed E-state index contributed by atoms with van der Waals surface area (Å²) in [5.41, 5.74) is 7.48. The van der Waals surface area contributed by atoms with Crippen LogP contribution in [0.2, 0.25) is 0 Å². The number of ether oxygens (including phenoxy) is 1. The molecule has 0 unspecified atom stereocenters. The summed E-state index contributed by atoms with van der Waals surface area (Å²) in [6.45, 7) is 1.96. The number of hydrogen-bond donors (Lipinski definition) is 1. The van der Waals surface area contributed by atoms with Crippen molar-refractivity contribution in [1.82, 2.24) is 4.98 Å². The van der Waals surface area contributed by atoms with E-state index in [0.29, 0.717) is 17.2 Å². The maximum atomic E-state index is 5.85. The fraction of sp³-hybridized carbons (Fsp3) is 0.0833. The van der Waals surface area contributed by atoms with E-state index in [2.05, 4.69) is 20.9 Å². The molecule has 3 nitrogen and oxygen atoms in total. The molecule has 0 saturated heterocycles. The zero-order valence-electron chi connectivity index (χ0n) is 8.77. The van der Waals surface area contributed by atoms with Gasteiger partial charge in [-0.15, -0.1) is 0 Å². The van der Waals surface area contributed by atoms with Gasteiger partial charge in [0.2, 0.25) is 0 Å².